The number of hydrogen-bond acceptors (Lipinski definition) is 2. The van der Waals surface area contributed by atoms with Gasteiger partial charge in [0.25, 0.3) is 0 Å². The van der Waals surface area contributed by atoms with Crippen LogP contribution in [0.2, 0.25) is 0 Å². The minimum absolute atomic E-state index is 0.700. The normalized spacial score (nSPS) is 20.0. The Bertz CT molecular complexity index is 248. The van der Waals surface area contributed by atoms with Crippen LogP contribution in [0.5, 0.6) is 0 Å². The van der Waals surface area contributed by atoms with Gasteiger partial charge in [0.05, 0.1) is 0 Å². The minimum Gasteiger partial charge on any atom is -0.399 e. The van der Waals surface area contributed by atoms with Gasteiger partial charge in [0.1, 0.15) is 0 Å². The molecule has 1 aromatic rings. The summed E-state index contributed by atoms with van der Waals surface area (Å²) in [5.74, 6) is 0.700. The Kier molecular flexibility index (Phi) is 4.47. The monoisotopic (exact) mass is 192 g/mol. The van der Waals surface area contributed by atoms with Crippen molar-refractivity contribution in [3.8, 4) is 0 Å². The lowest BCUT2D eigenvalue weighted by molar-refractivity contribution is 0.764. The van der Waals surface area contributed by atoms with Gasteiger partial charge < -0.3 is 11.1 Å². The largest absolute Gasteiger partial charge is 0.399 e. The second-order valence-corrected chi connectivity index (χ2v) is 3.36. The van der Waals surface area contributed by atoms with Crippen LogP contribution in [0.1, 0.15) is 31.7 Å². The van der Waals surface area contributed by atoms with E-state index in [4.69, 9.17) is 5.73 Å². The van der Waals surface area contributed by atoms with Gasteiger partial charge in [0, 0.05) is 12.2 Å². The topological polar surface area (TPSA) is 38.0 Å². The van der Waals surface area contributed by atoms with E-state index in [0.29, 0.717) is 5.92 Å². The lowest BCUT2D eigenvalue weighted by Crippen LogP contribution is -2.07. The molecule has 1 saturated heterocycles. The van der Waals surface area contributed by atoms with E-state index in [1.807, 2.05) is 26.0 Å². The molecule has 1 atom stereocenters. The van der Waals surface area contributed by atoms with Crippen LogP contribution >= 0.6 is 0 Å². The Morgan fingerprint density at radius 1 is 1.21 bits per heavy atom. The molecule has 1 aliphatic heterocycles. The quantitative estimate of drug-likeness (QED) is 0.670. The molecule has 14 heavy (non-hydrogen) atoms. The van der Waals surface area contributed by atoms with Gasteiger partial charge in [-0.1, -0.05) is 26.0 Å². The molecule has 0 radical (unpaired) electrons. The summed E-state index contributed by atoms with van der Waals surface area (Å²) < 4.78 is 0. The van der Waals surface area contributed by atoms with Crippen LogP contribution in [-0.4, -0.2) is 13.1 Å². The van der Waals surface area contributed by atoms with Gasteiger partial charge in [-0.15, -0.1) is 0 Å². The van der Waals surface area contributed by atoms with Crippen LogP contribution in [0.4, 0.5) is 5.69 Å². The lowest BCUT2D eigenvalue weighted by atomic mass is 9.98. The number of nitrogens with two attached hydrogens (primary N) is 1. The van der Waals surface area contributed by atoms with Crippen LogP contribution in [-0.2, 0) is 0 Å². The van der Waals surface area contributed by atoms with E-state index >= 15 is 0 Å². The zero-order valence-electron chi connectivity index (χ0n) is 9.09. The summed E-state index contributed by atoms with van der Waals surface area (Å²) in [6.07, 6.45) is 1.25. The van der Waals surface area contributed by atoms with Crippen molar-refractivity contribution in [1.82, 2.24) is 5.32 Å². The predicted octanol–water partition coefficient (Wildman–Crippen LogP) is 2.37. The fraction of sp³-hybridized carbons (Fsp3) is 0.500. The molecular formula is C12H20N2. The van der Waals surface area contributed by atoms with Gasteiger partial charge in [-0.2, -0.15) is 0 Å². The van der Waals surface area contributed by atoms with E-state index in [9.17, 15) is 0 Å². The molecular weight excluding hydrogens is 172 g/mol. The number of anilines is 1. The van der Waals surface area contributed by atoms with E-state index in [1.54, 1.807) is 0 Å². The van der Waals surface area contributed by atoms with Gasteiger partial charge in [0.15, 0.2) is 0 Å². The maximum Gasteiger partial charge on any atom is 0.0314 e. The molecule has 1 aromatic carbocycles. The van der Waals surface area contributed by atoms with Crippen LogP contribution in [0.15, 0.2) is 24.3 Å². The van der Waals surface area contributed by atoms with E-state index in [2.05, 4.69) is 17.4 Å². The van der Waals surface area contributed by atoms with Crippen molar-refractivity contribution in [1.29, 1.82) is 0 Å². The van der Waals surface area contributed by atoms with Crippen molar-refractivity contribution < 1.29 is 0 Å². The fourth-order valence-corrected chi connectivity index (χ4v) is 1.71. The summed E-state index contributed by atoms with van der Waals surface area (Å²) in [5, 5.41) is 3.35. The first-order chi connectivity index (χ1) is 6.86. The number of nitrogen functional groups attached to an aromatic ring is 1. The fourth-order valence-electron chi connectivity index (χ4n) is 1.71. The maximum absolute atomic E-state index is 5.61. The van der Waals surface area contributed by atoms with E-state index < -0.39 is 0 Å². The molecule has 3 N–H and O–H groups in total. The summed E-state index contributed by atoms with van der Waals surface area (Å²) in [4.78, 5) is 0. The molecule has 1 aliphatic rings. The van der Waals surface area contributed by atoms with Crippen LogP contribution < -0.4 is 11.1 Å². The van der Waals surface area contributed by atoms with E-state index in [1.165, 1.54) is 12.0 Å². The van der Waals surface area contributed by atoms with Crippen molar-refractivity contribution in [2.45, 2.75) is 26.2 Å². The van der Waals surface area contributed by atoms with Gasteiger partial charge in [-0.3, -0.25) is 0 Å². The maximum atomic E-state index is 5.61. The van der Waals surface area contributed by atoms with Crippen molar-refractivity contribution in [2.24, 2.45) is 0 Å². The second kappa shape index (κ2) is 5.66. The third-order valence-electron chi connectivity index (χ3n) is 2.47. The standard InChI is InChI=1S/C10H14N2.C2H6/c11-10-3-1-8(2-4-10)9-5-6-12-7-9;1-2/h1-4,9,12H,5-7,11H2;1-2H3. The highest BCUT2D eigenvalue weighted by molar-refractivity contribution is 5.40. The molecule has 78 valence electrons. The smallest absolute Gasteiger partial charge is 0.0314 e. The third kappa shape index (κ3) is 2.74. The highest BCUT2D eigenvalue weighted by atomic mass is 14.9. The molecule has 0 saturated carbocycles. The molecule has 1 fully saturated rings. The average Bonchev–Trinajstić information content (AvgIpc) is 2.75. The number of hydrogen-bond donors (Lipinski definition) is 2. The van der Waals surface area contributed by atoms with E-state index in [0.717, 1.165) is 18.8 Å². The molecule has 2 rings (SSSR count). The summed E-state index contributed by atoms with van der Waals surface area (Å²) in [5.41, 5.74) is 7.87. The van der Waals surface area contributed by atoms with E-state index in [-0.39, 0.29) is 0 Å². The molecule has 2 nitrogen and oxygen atoms in total. The van der Waals surface area contributed by atoms with Crippen LogP contribution in [0, 0.1) is 0 Å². The summed E-state index contributed by atoms with van der Waals surface area (Å²) >= 11 is 0. The molecule has 1 unspecified atom stereocenters. The van der Waals surface area contributed by atoms with Crippen molar-refractivity contribution in [3.63, 3.8) is 0 Å². The van der Waals surface area contributed by atoms with Gasteiger partial charge in [-0.25, -0.2) is 0 Å². The van der Waals surface area contributed by atoms with Gasteiger partial charge in [-0.05, 0) is 36.6 Å². The minimum atomic E-state index is 0.700. The average molecular weight is 192 g/mol. The number of rotatable bonds is 1. The first-order valence-corrected chi connectivity index (χ1v) is 5.42. The molecule has 2 heteroatoms. The van der Waals surface area contributed by atoms with Crippen LogP contribution in [0.3, 0.4) is 0 Å². The highest BCUT2D eigenvalue weighted by Gasteiger charge is 2.15. The van der Waals surface area contributed by atoms with Crippen molar-refractivity contribution in [2.75, 3.05) is 18.8 Å². The van der Waals surface area contributed by atoms with Gasteiger partial charge >= 0.3 is 0 Å². The first-order valence-electron chi connectivity index (χ1n) is 5.42. The zero-order chi connectivity index (χ0) is 10.4. The first kappa shape index (κ1) is 11.1. The third-order valence-corrected chi connectivity index (χ3v) is 2.47. The molecule has 0 spiro atoms. The molecule has 0 amide bonds. The summed E-state index contributed by atoms with van der Waals surface area (Å²) in [6, 6.07) is 8.22. The Labute approximate surface area is 86.5 Å². The Hall–Kier alpha value is -1.02. The van der Waals surface area contributed by atoms with Crippen molar-refractivity contribution >= 4 is 5.69 Å². The Morgan fingerprint density at radius 3 is 2.36 bits per heavy atom. The van der Waals surface area contributed by atoms with Crippen LogP contribution in [0.25, 0.3) is 0 Å². The Balaban J connectivity index is 0.000000461. The predicted molar refractivity (Wildman–Crippen MR) is 62.4 cm³/mol. The lowest BCUT2D eigenvalue weighted by Gasteiger charge is -2.07. The van der Waals surface area contributed by atoms with Gasteiger partial charge in [0.2, 0.25) is 0 Å². The number of benzene rings is 1. The summed E-state index contributed by atoms with van der Waals surface area (Å²) in [6.45, 7) is 6.26. The van der Waals surface area contributed by atoms with Crippen molar-refractivity contribution in [3.05, 3.63) is 29.8 Å². The molecule has 1 heterocycles. The highest BCUT2D eigenvalue weighted by Crippen LogP contribution is 2.22. The SMILES string of the molecule is CC.Nc1ccc(C2CCNC2)cc1. The Morgan fingerprint density at radius 2 is 1.86 bits per heavy atom. The summed E-state index contributed by atoms with van der Waals surface area (Å²) in [7, 11) is 0. The molecule has 0 aliphatic carbocycles. The second-order valence-electron chi connectivity index (χ2n) is 3.36. The zero-order valence-corrected chi connectivity index (χ0v) is 9.09. The molecule has 0 aromatic heterocycles. The molecule has 0 bridgehead atoms. The number of nitrogens with one attached hydrogen (secondary N) is 1.